The monoisotopic (exact) mass is 397 g/mol. The lowest BCUT2D eigenvalue weighted by atomic mass is 9.98. The van der Waals surface area contributed by atoms with Crippen LogP contribution in [0.25, 0.3) is 0 Å². The number of nitrogens with one attached hydrogen (secondary N) is 2. The molecule has 6 heteroatoms. The van der Waals surface area contributed by atoms with Crippen molar-refractivity contribution in [3.63, 3.8) is 0 Å². The van der Waals surface area contributed by atoms with Gasteiger partial charge in [0.25, 0.3) is 0 Å². The molecule has 0 saturated heterocycles. The van der Waals surface area contributed by atoms with Crippen LogP contribution in [0.5, 0.6) is 0 Å². The van der Waals surface area contributed by atoms with Gasteiger partial charge in [0.15, 0.2) is 5.96 Å². The zero-order valence-electron chi connectivity index (χ0n) is 17.6. The second-order valence-corrected chi connectivity index (χ2v) is 7.66. The maximum Gasteiger partial charge on any atom is 0.191 e. The molecule has 3 rings (SSSR count). The molecule has 0 atom stereocenters. The highest BCUT2D eigenvalue weighted by molar-refractivity contribution is 5.79. The van der Waals surface area contributed by atoms with Crippen molar-refractivity contribution in [1.29, 1.82) is 0 Å². The van der Waals surface area contributed by atoms with Gasteiger partial charge in [-0.3, -0.25) is 0 Å². The molecule has 1 aliphatic carbocycles. The molecule has 2 N–H and O–H groups in total. The van der Waals surface area contributed by atoms with Crippen molar-refractivity contribution < 1.29 is 4.74 Å². The highest BCUT2D eigenvalue weighted by Gasteiger charge is 2.12. The van der Waals surface area contributed by atoms with Crippen LogP contribution in [0.4, 0.5) is 0 Å². The molecule has 1 aromatic heterocycles. The van der Waals surface area contributed by atoms with Gasteiger partial charge in [-0.05, 0) is 37.3 Å². The molecule has 6 nitrogen and oxygen atoms in total. The van der Waals surface area contributed by atoms with Crippen LogP contribution in [0.2, 0.25) is 0 Å². The van der Waals surface area contributed by atoms with Crippen LogP contribution in [-0.4, -0.2) is 41.3 Å². The third-order valence-electron chi connectivity index (χ3n) is 5.23. The van der Waals surface area contributed by atoms with Gasteiger partial charge in [0, 0.05) is 38.6 Å². The number of aliphatic imine (C=N–C) groups is 1. The number of ether oxygens (including phenoxy) is 1. The second-order valence-electron chi connectivity index (χ2n) is 7.66. The van der Waals surface area contributed by atoms with E-state index in [-0.39, 0.29) is 0 Å². The first-order valence-corrected chi connectivity index (χ1v) is 11.0. The van der Waals surface area contributed by atoms with Crippen LogP contribution in [0, 0.1) is 0 Å². The van der Waals surface area contributed by atoms with Crippen molar-refractivity contribution in [3.05, 3.63) is 54.1 Å². The van der Waals surface area contributed by atoms with E-state index in [4.69, 9.17) is 9.73 Å². The predicted octanol–water partition coefficient (Wildman–Crippen LogP) is 3.73. The summed E-state index contributed by atoms with van der Waals surface area (Å²) in [6.07, 6.45) is 13.6. The minimum absolute atomic E-state index is 0.488. The fraction of sp³-hybridized carbons (Fsp3) is 0.565. The summed E-state index contributed by atoms with van der Waals surface area (Å²) in [5.74, 6) is 0.868. The molecule has 0 amide bonds. The fourth-order valence-corrected chi connectivity index (χ4v) is 3.61. The molecule has 0 unspecified atom stereocenters. The van der Waals surface area contributed by atoms with Crippen molar-refractivity contribution in [1.82, 2.24) is 20.2 Å². The Balaban J connectivity index is 1.38. The molecule has 1 fully saturated rings. The number of imidazole rings is 1. The number of benzene rings is 1. The van der Waals surface area contributed by atoms with E-state index in [0.717, 1.165) is 38.6 Å². The highest BCUT2D eigenvalue weighted by atomic mass is 16.5. The Hall–Kier alpha value is -2.34. The molecule has 1 aliphatic rings. The quantitative estimate of drug-likeness (QED) is 0.364. The SMILES string of the molecule is CCNC(=NCc1ccc(Cn2ccnc2)cc1)NCCCOC1CCCCC1. The summed E-state index contributed by atoms with van der Waals surface area (Å²) in [5.41, 5.74) is 2.47. The van der Waals surface area contributed by atoms with Gasteiger partial charge in [-0.15, -0.1) is 0 Å². The molecule has 0 aliphatic heterocycles. The van der Waals surface area contributed by atoms with Gasteiger partial charge in [-0.25, -0.2) is 9.98 Å². The van der Waals surface area contributed by atoms with Crippen LogP contribution in [-0.2, 0) is 17.8 Å². The number of nitrogens with zero attached hydrogens (tertiary/aromatic N) is 3. The molecule has 1 saturated carbocycles. The third-order valence-corrected chi connectivity index (χ3v) is 5.23. The maximum absolute atomic E-state index is 6.00. The molecule has 0 radical (unpaired) electrons. The summed E-state index contributed by atoms with van der Waals surface area (Å²) in [4.78, 5) is 8.80. The summed E-state index contributed by atoms with van der Waals surface area (Å²) >= 11 is 0. The Morgan fingerprint density at radius 3 is 2.66 bits per heavy atom. The first-order valence-electron chi connectivity index (χ1n) is 11.0. The average Bonchev–Trinajstić information content (AvgIpc) is 3.26. The molecular weight excluding hydrogens is 362 g/mol. The zero-order chi connectivity index (χ0) is 20.2. The van der Waals surface area contributed by atoms with Gasteiger partial charge < -0.3 is 19.9 Å². The third kappa shape index (κ3) is 7.89. The summed E-state index contributed by atoms with van der Waals surface area (Å²) < 4.78 is 8.06. The van der Waals surface area contributed by atoms with Gasteiger partial charge in [0.05, 0.1) is 19.0 Å². The number of guanidine groups is 1. The first-order chi connectivity index (χ1) is 14.3. The summed E-state index contributed by atoms with van der Waals surface area (Å²) in [5, 5.41) is 6.74. The standard InChI is InChI=1S/C23H35N5O/c1-2-25-23(26-13-6-16-29-22-7-4-3-5-8-22)27-17-20-9-11-21(12-10-20)18-28-15-14-24-19-28/h9-12,14-15,19,22H,2-8,13,16-18H2,1H3,(H2,25,26,27). The van der Waals surface area contributed by atoms with Gasteiger partial charge in [-0.2, -0.15) is 0 Å². The molecule has 1 heterocycles. The molecular formula is C23H35N5O. The Labute approximate surface area is 174 Å². The molecule has 2 aromatic rings. The van der Waals surface area contributed by atoms with Crippen LogP contribution < -0.4 is 10.6 Å². The smallest absolute Gasteiger partial charge is 0.191 e. The Kier molecular flexibility index (Phi) is 9.04. The molecule has 0 spiro atoms. The lowest BCUT2D eigenvalue weighted by Gasteiger charge is -2.22. The van der Waals surface area contributed by atoms with Crippen LogP contribution in [0.1, 0.15) is 56.6 Å². The lowest BCUT2D eigenvalue weighted by Crippen LogP contribution is -2.38. The Bertz CT molecular complexity index is 705. The molecule has 29 heavy (non-hydrogen) atoms. The zero-order valence-corrected chi connectivity index (χ0v) is 17.6. The average molecular weight is 398 g/mol. The fourth-order valence-electron chi connectivity index (χ4n) is 3.61. The van der Waals surface area contributed by atoms with Crippen molar-refractivity contribution in [2.24, 2.45) is 4.99 Å². The van der Waals surface area contributed by atoms with Crippen molar-refractivity contribution in [2.45, 2.75) is 64.6 Å². The van der Waals surface area contributed by atoms with E-state index in [2.05, 4.69) is 51.4 Å². The van der Waals surface area contributed by atoms with Crippen molar-refractivity contribution in [2.75, 3.05) is 19.7 Å². The van der Waals surface area contributed by atoms with Crippen molar-refractivity contribution in [3.8, 4) is 0 Å². The van der Waals surface area contributed by atoms with Gasteiger partial charge in [0.1, 0.15) is 0 Å². The van der Waals surface area contributed by atoms with Crippen LogP contribution in [0.15, 0.2) is 48.0 Å². The van der Waals surface area contributed by atoms with E-state index in [1.165, 1.54) is 43.2 Å². The lowest BCUT2D eigenvalue weighted by molar-refractivity contribution is 0.0277. The summed E-state index contributed by atoms with van der Waals surface area (Å²) in [6, 6.07) is 8.62. The van der Waals surface area contributed by atoms with Gasteiger partial charge in [-0.1, -0.05) is 43.5 Å². The van der Waals surface area contributed by atoms with Crippen LogP contribution in [0.3, 0.4) is 0 Å². The Morgan fingerprint density at radius 1 is 1.14 bits per heavy atom. The van der Waals surface area contributed by atoms with Gasteiger partial charge >= 0.3 is 0 Å². The largest absolute Gasteiger partial charge is 0.378 e. The minimum Gasteiger partial charge on any atom is -0.378 e. The topological polar surface area (TPSA) is 63.5 Å². The predicted molar refractivity (Wildman–Crippen MR) is 118 cm³/mol. The van der Waals surface area contributed by atoms with E-state index in [9.17, 15) is 0 Å². The number of hydrogen-bond acceptors (Lipinski definition) is 3. The van der Waals surface area contributed by atoms with Crippen molar-refractivity contribution >= 4 is 5.96 Å². The number of hydrogen-bond donors (Lipinski definition) is 2. The van der Waals surface area contributed by atoms with E-state index < -0.39 is 0 Å². The highest BCUT2D eigenvalue weighted by Crippen LogP contribution is 2.20. The summed E-state index contributed by atoms with van der Waals surface area (Å²) in [6.45, 7) is 6.16. The minimum atomic E-state index is 0.488. The van der Waals surface area contributed by atoms with Gasteiger partial charge in [0.2, 0.25) is 0 Å². The van der Waals surface area contributed by atoms with Crippen LogP contribution >= 0.6 is 0 Å². The van der Waals surface area contributed by atoms with E-state index >= 15 is 0 Å². The first kappa shape index (κ1) is 21.4. The second kappa shape index (κ2) is 12.3. The Morgan fingerprint density at radius 2 is 1.93 bits per heavy atom. The number of aromatic nitrogens is 2. The van der Waals surface area contributed by atoms with E-state index in [1.807, 2.05) is 12.5 Å². The number of rotatable bonds is 10. The van der Waals surface area contributed by atoms with E-state index in [0.29, 0.717) is 12.6 Å². The molecule has 0 bridgehead atoms. The normalized spacial score (nSPS) is 15.4. The molecule has 158 valence electrons. The molecule has 1 aromatic carbocycles. The van der Waals surface area contributed by atoms with E-state index in [1.54, 1.807) is 6.20 Å². The summed E-state index contributed by atoms with van der Waals surface area (Å²) in [7, 11) is 0. The maximum atomic E-state index is 6.00.